The zero-order valence-electron chi connectivity index (χ0n) is 15.7. The average Bonchev–Trinajstić information content (AvgIpc) is 3.16. The highest BCUT2D eigenvalue weighted by Crippen LogP contribution is 2.42. The van der Waals surface area contributed by atoms with Crippen LogP contribution >= 0.6 is 0 Å². The Morgan fingerprint density at radius 3 is 3.04 bits per heavy atom. The molecular weight excluding hydrogens is 346 g/mol. The molecule has 0 unspecified atom stereocenters. The third-order valence-corrected chi connectivity index (χ3v) is 5.37. The molecule has 0 saturated carbocycles. The second-order valence-electron chi connectivity index (χ2n) is 7.11. The van der Waals surface area contributed by atoms with Gasteiger partial charge in [-0.15, -0.1) is 10.2 Å². The molecule has 1 saturated heterocycles. The number of hydrogen-bond acceptors (Lipinski definition) is 7. The minimum atomic E-state index is -0.247. The Labute approximate surface area is 157 Å². The van der Waals surface area contributed by atoms with Gasteiger partial charge in [0, 0.05) is 31.6 Å². The maximum Gasteiger partial charge on any atom is 0.296 e. The van der Waals surface area contributed by atoms with Crippen LogP contribution in [0.3, 0.4) is 0 Å². The van der Waals surface area contributed by atoms with Crippen LogP contribution in [0, 0.1) is 0 Å². The number of anilines is 1. The lowest BCUT2D eigenvalue weighted by molar-refractivity contribution is 0.356. The van der Waals surface area contributed by atoms with Crippen molar-refractivity contribution in [3.63, 3.8) is 0 Å². The van der Waals surface area contributed by atoms with Crippen molar-refractivity contribution in [1.82, 2.24) is 20.1 Å². The molecule has 144 valence electrons. The van der Waals surface area contributed by atoms with Gasteiger partial charge in [-0.05, 0) is 37.4 Å². The van der Waals surface area contributed by atoms with Crippen LogP contribution in [0.2, 0.25) is 0 Å². The number of piperidine rings is 1. The van der Waals surface area contributed by atoms with Crippen molar-refractivity contribution in [2.75, 3.05) is 25.0 Å². The standard InChI is InChI=1S/C19H25N5O3/c1-3-11-9-14-13(6-8-27-14)16(25)15(11)18-23-22-17(19(26)24(18)2)21-12-5-4-7-20-10-12/h9,12,20,25H,3-8,10H2,1-2H3,(H,21,22)/t12-/m1/s1. The number of aromatic hydroxyl groups is 1. The molecule has 8 heteroatoms. The molecule has 1 aromatic heterocycles. The van der Waals surface area contributed by atoms with E-state index in [-0.39, 0.29) is 23.2 Å². The molecule has 0 aliphatic carbocycles. The van der Waals surface area contributed by atoms with Crippen molar-refractivity contribution in [3.8, 4) is 22.9 Å². The van der Waals surface area contributed by atoms with E-state index >= 15 is 0 Å². The minimum Gasteiger partial charge on any atom is -0.507 e. The van der Waals surface area contributed by atoms with E-state index in [1.165, 1.54) is 4.57 Å². The topological polar surface area (TPSA) is 101 Å². The third-order valence-electron chi connectivity index (χ3n) is 5.37. The van der Waals surface area contributed by atoms with E-state index in [4.69, 9.17) is 4.74 Å². The summed E-state index contributed by atoms with van der Waals surface area (Å²) in [6, 6.07) is 2.10. The number of rotatable bonds is 4. The zero-order chi connectivity index (χ0) is 19.0. The molecule has 27 heavy (non-hydrogen) atoms. The average molecular weight is 371 g/mol. The van der Waals surface area contributed by atoms with Crippen molar-refractivity contribution in [3.05, 3.63) is 27.5 Å². The number of hydrogen-bond donors (Lipinski definition) is 3. The summed E-state index contributed by atoms with van der Waals surface area (Å²) in [5.41, 5.74) is 1.98. The summed E-state index contributed by atoms with van der Waals surface area (Å²) in [5.74, 6) is 1.48. The van der Waals surface area contributed by atoms with E-state index in [1.807, 2.05) is 13.0 Å². The van der Waals surface area contributed by atoms with E-state index in [0.717, 1.165) is 37.1 Å². The van der Waals surface area contributed by atoms with Crippen LogP contribution in [0.1, 0.15) is 30.9 Å². The smallest absolute Gasteiger partial charge is 0.296 e. The Morgan fingerprint density at radius 2 is 2.30 bits per heavy atom. The molecule has 8 nitrogen and oxygen atoms in total. The Hall–Kier alpha value is -2.61. The monoisotopic (exact) mass is 371 g/mol. The van der Waals surface area contributed by atoms with Crippen molar-refractivity contribution < 1.29 is 9.84 Å². The van der Waals surface area contributed by atoms with Crippen molar-refractivity contribution >= 4 is 5.82 Å². The highest BCUT2D eigenvalue weighted by atomic mass is 16.5. The Bertz CT molecular complexity index is 919. The maximum absolute atomic E-state index is 12.9. The predicted molar refractivity (Wildman–Crippen MR) is 102 cm³/mol. The summed E-state index contributed by atoms with van der Waals surface area (Å²) in [4.78, 5) is 12.9. The molecule has 2 aromatic rings. The van der Waals surface area contributed by atoms with Crippen LogP contribution in [0.15, 0.2) is 10.9 Å². The van der Waals surface area contributed by atoms with Gasteiger partial charge in [0.15, 0.2) is 5.82 Å². The Balaban J connectivity index is 1.75. The summed E-state index contributed by atoms with van der Waals surface area (Å²) in [5, 5.41) is 25.8. The first kappa shape index (κ1) is 17.8. The van der Waals surface area contributed by atoms with Gasteiger partial charge in [-0.25, -0.2) is 0 Å². The number of ether oxygens (including phenoxy) is 1. The number of benzene rings is 1. The molecule has 1 fully saturated rings. The summed E-state index contributed by atoms with van der Waals surface area (Å²) >= 11 is 0. The fraction of sp³-hybridized carbons (Fsp3) is 0.526. The van der Waals surface area contributed by atoms with Gasteiger partial charge in [0.1, 0.15) is 11.5 Å². The molecule has 2 aliphatic rings. The van der Waals surface area contributed by atoms with Gasteiger partial charge < -0.3 is 20.5 Å². The van der Waals surface area contributed by atoms with E-state index in [0.29, 0.717) is 36.6 Å². The number of phenols is 1. The van der Waals surface area contributed by atoms with Crippen LogP contribution < -0.4 is 20.9 Å². The van der Waals surface area contributed by atoms with Gasteiger partial charge in [-0.2, -0.15) is 0 Å². The SMILES string of the molecule is CCc1cc2c(c(O)c1-c1nnc(N[C@@H]3CCCNC3)c(=O)n1C)CCO2. The number of aromatic nitrogens is 3. The third kappa shape index (κ3) is 3.14. The van der Waals surface area contributed by atoms with Crippen molar-refractivity contribution in [1.29, 1.82) is 0 Å². The number of aryl methyl sites for hydroxylation is 1. The molecule has 3 N–H and O–H groups in total. The molecule has 2 aliphatic heterocycles. The minimum absolute atomic E-state index is 0.142. The normalized spacial score (nSPS) is 18.8. The first-order chi connectivity index (χ1) is 13.1. The Morgan fingerprint density at radius 1 is 1.44 bits per heavy atom. The molecule has 0 bridgehead atoms. The van der Waals surface area contributed by atoms with Gasteiger partial charge in [0.2, 0.25) is 5.82 Å². The summed E-state index contributed by atoms with van der Waals surface area (Å²) < 4.78 is 7.05. The maximum atomic E-state index is 12.9. The van der Waals surface area contributed by atoms with Gasteiger partial charge in [0.25, 0.3) is 5.56 Å². The predicted octanol–water partition coefficient (Wildman–Crippen LogP) is 1.21. The van der Waals surface area contributed by atoms with Crippen LogP contribution in [-0.4, -0.2) is 45.6 Å². The number of nitrogens with one attached hydrogen (secondary N) is 2. The lowest BCUT2D eigenvalue weighted by Gasteiger charge is -2.24. The Kier molecular flexibility index (Phi) is 4.73. The largest absolute Gasteiger partial charge is 0.507 e. The molecule has 1 aromatic carbocycles. The number of phenolic OH excluding ortho intramolecular Hbond substituents is 1. The first-order valence-electron chi connectivity index (χ1n) is 9.52. The second kappa shape index (κ2) is 7.19. The highest BCUT2D eigenvalue weighted by Gasteiger charge is 2.26. The van der Waals surface area contributed by atoms with E-state index in [9.17, 15) is 9.90 Å². The van der Waals surface area contributed by atoms with Gasteiger partial charge in [-0.1, -0.05) is 6.92 Å². The summed E-state index contributed by atoms with van der Waals surface area (Å²) in [7, 11) is 1.67. The number of fused-ring (bicyclic) bond motifs is 1. The second-order valence-corrected chi connectivity index (χ2v) is 7.11. The van der Waals surface area contributed by atoms with E-state index in [2.05, 4.69) is 20.8 Å². The quantitative estimate of drug-likeness (QED) is 0.742. The van der Waals surface area contributed by atoms with E-state index < -0.39 is 0 Å². The molecule has 4 rings (SSSR count). The molecule has 0 radical (unpaired) electrons. The van der Waals surface area contributed by atoms with Crippen LogP contribution in [0.4, 0.5) is 5.82 Å². The van der Waals surface area contributed by atoms with Crippen molar-refractivity contribution in [2.45, 2.75) is 38.6 Å². The summed E-state index contributed by atoms with van der Waals surface area (Å²) in [6.45, 7) is 4.36. The van der Waals surface area contributed by atoms with Crippen LogP contribution in [-0.2, 0) is 19.9 Å². The molecule has 3 heterocycles. The van der Waals surface area contributed by atoms with E-state index in [1.54, 1.807) is 7.05 Å². The molecule has 0 amide bonds. The van der Waals surface area contributed by atoms with Gasteiger partial charge >= 0.3 is 0 Å². The molecular formula is C19H25N5O3. The molecule has 1 atom stereocenters. The first-order valence-corrected chi connectivity index (χ1v) is 9.52. The highest BCUT2D eigenvalue weighted by molar-refractivity contribution is 5.73. The lowest BCUT2D eigenvalue weighted by Crippen LogP contribution is -2.40. The zero-order valence-corrected chi connectivity index (χ0v) is 15.7. The van der Waals surface area contributed by atoms with Crippen LogP contribution in [0.5, 0.6) is 11.5 Å². The number of nitrogens with zero attached hydrogens (tertiary/aromatic N) is 3. The summed E-state index contributed by atoms with van der Waals surface area (Å²) in [6.07, 6.45) is 3.39. The van der Waals surface area contributed by atoms with Crippen LogP contribution in [0.25, 0.3) is 11.4 Å². The lowest BCUT2D eigenvalue weighted by atomic mass is 9.98. The van der Waals surface area contributed by atoms with Crippen molar-refractivity contribution in [2.24, 2.45) is 7.05 Å². The fourth-order valence-corrected chi connectivity index (χ4v) is 3.84. The van der Waals surface area contributed by atoms with Gasteiger partial charge in [0.05, 0.1) is 12.2 Å². The van der Waals surface area contributed by atoms with Gasteiger partial charge in [-0.3, -0.25) is 9.36 Å². The fourth-order valence-electron chi connectivity index (χ4n) is 3.84. The molecule has 0 spiro atoms.